The van der Waals surface area contributed by atoms with Crippen molar-refractivity contribution in [2.24, 2.45) is 0 Å². The Bertz CT molecular complexity index is 178. The second-order valence-corrected chi connectivity index (χ2v) is 2.86. The van der Waals surface area contributed by atoms with Gasteiger partial charge in [-0.1, -0.05) is 0 Å². The zero-order valence-corrected chi connectivity index (χ0v) is 12.4. The standard InChI is InChI=1S/C6H11NO3P.C2H5.Y/c1-6(9)3-2-4-7(10-11)5(6)8;1-2;/h9H,1-4,11H2;1H2,2H3;/q2*-1;. The Morgan fingerprint density at radius 3 is 2.50 bits per heavy atom. The third kappa shape index (κ3) is 4.63. The van der Waals surface area contributed by atoms with Crippen LogP contribution in [-0.2, 0) is 42.1 Å². The van der Waals surface area contributed by atoms with Gasteiger partial charge in [-0.05, 0) is 12.8 Å². The van der Waals surface area contributed by atoms with Crippen molar-refractivity contribution in [3.63, 3.8) is 0 Å². The molecule has 2 unspecified atom stereocenters. The van der Waals surface area contributed by atoms with Gasteiger partial charge in [0.05, 0.1) is 0 Å². The van der Waals surface area contributed by atoms with Gasteiger partial charge >= 0.3 is 0 Å². The fourth-order valence-electron chi connectivity index (χ4n) is 1.06. The Labute approximate surface area is 113 Å². The summed E-state index contributed by atoms with van der Waals surface area (Å²) in [5, 5.41) is 10.5. The van der Waals surface area contributed by atoms with Crippen molar-refractivity contribution in [2.45, 2.75) is 25.4 Å². The third-order valence-corrected chi connectivity index (χ3v) is 1.96. The molecular weight excluding hydrogens is 278 g/mol. The summed E-state index contributed by atoms with van der Waals surface area (Å²) in [7, 11) is 1.97. The second kappa shape index (κ2) is 8.12. The summed E-state index contributed by atoms with van der Waals surface area (Å²) in [6.07, 6.45) is 1.11. The van der Waals surface area contributed by atoms with Crippen molar-refractivity contribution >= 4 is 15.4 Å². The minimum Gasteiger partial charge on any atom is -0.413 e. The summed E-state index contributed by atoms with van der Waals surface area (Å²) in [6, 6.07) is 0. The molecule has 0 saturated carbocycles. The molecule has 0 aliphatic carbocycles. The largest absolute Gasteiger partial charge is 0.413 e. The number of hydrogen-bond donors (Lipinski definition) is 1. The van der Waals surface area contributed by atoms with Gasteiger partial charge in [-0.25, -0.2) is 5.06 Å². The smallest absolute Gasteiger partial charge is 0.246 e. The van der Waals surface area contributed by atoms with Gasteiger partial charge in [-0.2, -0.15) is 6.92 Å². The first kappa shape index (κ1) is 17.3. The van der Waals surface area contributed by atoms with E-state index < -0.39 is 11.5 Å². The minimum atomic E-state index is -1.49. The molecule has 0 aromatic carbocycles. The van der Waals surface area contributed by atoms with Crippen LogP contribution in [0.25, 0.3) is 0 Å². The summed E-state index contributed by atoms with van der Waals surface area (Å²) < 4.78 is 4.64. The van der Waals surface area contributed by atoms with E-state index in [2.05, 4.69) is 18.5 Å². The van der Waals surface area contributed by atoms with E-state index in [1.807, 2.05) is 9.47 Å². The van der Waals surface area contributed by atoms with Crippen molar-refractivity contribution in [3.05, 3.63) is 13.8 Å². The predicted octanol–water partition coefficient (Wildman–Crippen LogP) is 0.734. The maximum Gasteiger partial charge on any atom is 0.246 e. The van der Waals surface area contributed by atoms with Crippen LogP contribution < -0.4 is 0 Å². The molecule has 6 heteroatoms. The Morgan fingerprint density at radius 1 is 1.64 bits per heavy atom. The predicted molar refractivity (Wildman–Crippen MR) is 53.1 cm³/mol. The molecular formula is C8H16NO3PY-2. The van der Waals surface area contributed by atoms with Crippen LogP contribution in [-0.4, -0.2) is 28.2 Å². The fourth-order valence-corrected chi connectivity index (χ4v) is 1.26. The van der Waals surface area contributed by atoms with Crippen LogP contribution in [0.1, 0.15) is 19.8 Å². The first-order valence-corrected chi connectivity index (χ1v) is 4.52. The number of carbonyl (C=O) groups is 1. The van der Waals surface area contributed by atoms with E-state index in [1.54, 1.807) is 6.92 Å². The quantitative estimate of drug-likeness (QED) is 0.573. The average Bonchev–Trinajstić information content (AvgIpc) is 2.13. The Hall–Kier alpha value is 0.924. The van der Waals surface area contributed by atoms with Gasteiger partial charge in [0.15, 0.2) is 0 Å². The Kier molecular flexibility index (Phi) is 10.0. The topological polar surface area (TPSA) is 49.8 Å². The third-order valence-electron chi connectivity index (χ3n) is 1.70. The van der Waals surface area contributed by atoms with Gasteiger partial charge in [0.1, 0.15) is 0 Å². The van der Waals surface area contributed by atoms with Gasteiger partial charge in [-0.3, -0.25) is 9.42 Å². The summed E-state index contributed by atoms with van der Waals surface area (Å²) in [5.74, 6) is -0.473. The van der Waals surface area contributed by atoms with Gasteiger partial charge in [0.25, 0.3) is 0 Å². The van der Waals surface area contributed by atoms with Crippen molar-refractivity contribution in [1.29, 1.82) is 0 Å². The van der Waals surface area contributed by atoms with Crippen LogP contribution in [0, 0.1) is 13.8 Å². The van der Waals surface area contributed by atoms with Crippen LogP contribution in [0.2, 0.25) is 0 Å². The molecule has 0 bridgehead atoms. The van der Waals surface area contributed by atoms with E-state index >= 15 is 0 Å². The monoisotopic (exact) mass is 294 g/mol. The molecule has 0 aromatic rings. The van der Waals surface area contributed by atoms with Gasteiger partial charge in [0.2, 0.25) is 5.91 Å². The van der Waals surface area contributed by atoms with E-state index in [9.17, 15) is 9.90 Å². The molecule has 1 aliphatic rings. The fraction of sp³-hybridized carbons (Fsp3) is 0.625. The van der Waals surface area contributed by atoms with Crippen LogP contribution >= 0.6 is 9.47 Å². The van der Waals surface area contributed by atoms with Gasteiger partial charge in [-0.15, -0.1) is 0 Å². The number of aliphatic hydroxyl groups is 1. The van der Waals surface area contributed by atoms with Crippen LogP contribution in [0.15, 0.2) is 0 Å². The number of piperidine rings is 1. The minimum absolute atomic E-state index is 0. The molecule has 1 rings (SSSR count). The molecule has 1 amide bonds. The van der Waals surface area contributed by atoms with Crippen molar-refractivity contribution in [1.82, 2.24) is 5.06 Å². The van der Waals surface area contributed by atoms with E-state index in [1.165, 1.54) is 0 Å². The maximum atomic E-state index is 11.2. The molecule has 14 heavy (non-hydrogen) atoms. The van der Waals surface area contributed by atoms with E-state index in [-0.39, 0.29) is 32.7 Å². The second-order valence-electron chi connectivity index (χ2n) is 2.65. The molecule has 0 spiro atoms. The van der Waals surface area contributed by atoms with Crippen molar-refractivity contribution < 1.29 is 47.2 Å². The summed E-state index contributed by atoms with van der Waals surface area (Å²) >= 11 is 0. The molecule has 1 radical (unpaired) electrons. The first-order valence-electron chi connectivity index (χ1n) is 4.05. The number of amides is 1. The van der Waals surface area contributed by atoms with Gasteiger partial charge in [0, 0.05) is 54.3 Å². The average molecular weight is 294 g/mol. The Balaban J connectivity index is 0. The summed E-state index contributed by atoms with van der Waals surface area (Å²) in [5.41, 5.74) is -1.49. The van der Waals surface area contributed by atoms with Gasteiger partial charge < -0.3 is 19.0 Å². The maximum absolute atomic E-state index is 11.2. The molecule has 1 N–H and O–H groups in total. The molecule has 2 atom stereocenters. The van der Waals surface area contributed by atoms with Crippen molar-refractivity contribution in [3.8, 4) is 0 Å². The van der Waals surface area contributed by atoms with Crippen LogP contribution in [0.5, 0.6) is 0 Å². The normalized spacial score (nSPS) is 26.1. The number of carbonyl (C=O) groups excluding carboxylic acids is 1. The molecule has 81 valence electrons. The van der Waals surface area contributed by atoms with E-state index in [0.29, 0.717) is 19.4 Å². The van der Waals surface area contributed by atoms with Crippen molar-refractivity contribution in [2.75, 3.05) is 6.54 Å². The molecule has 4 nitrogen and oxygen atoms in total. The Morgan fingerprint density at radius 2 is 2.14 bits per heavy atom. The zero-order chi connectivity index (χ0) is 10.5. The number of hydroxylamine groups is 2. The van der Waals surface area contributed by atoms with Crippen LogP contribution in [0.3, 0.4) is 0 Å². The number of nitrogens with zero attached hydrogens (tertiary/aromatic N) is 1. The number of rotatable bonds is 1. The summed E-state index contributed by atoms with van der Waals surface area (Å²) in [6.45, 7) is 8.90. The van der Waals surface area contributed by atoms with E-state index in [4.69, 9.17) is 0 Å². The molecule has 0 aromatic heterocycles. The molecule has 1 fully saturated rings. The van der Waals surface area contributed by atoms with Crippen LogP contribution in [0.4, 0.5) is 0 Å². The van der Waals surface area contributed by atoms with E-state index in [0.717, 1.165) is 5.06 Å². The SMILES string of the molecule is [CH2-]C.[CH2-]C1(O)CCCN(OP)C1=O.[Y]. The first-order chi connectivity index (χ1) is 6.08. The summed E-state index contributed by atoms with van der Waals surface area (Å²) in [4.78, 5) is 11.2. The molecule has 1 saturated heterocycles. The number of hydrogen-bond acceptors (Lipinski definition) is 3. The zero-order valence-electron chi connectivity index (χ0n) is 8.40. The molecule has 1 heterocycles. The molecule has 1 aliphatic heterocycles.